The largest absolute Gasteiger partial charge is 0.398 e. The van der Waals surface area contributed by atoms with Gasteiger partial charge in [-0.3, -0.25) is 4.79 Å². The number of rotatable bonds is 5. The summed E-state index contributed by atoms with van der Waals surface area (Å²) in [7, 11) is 0. The second kappa shape index (κ2) is 6.82. The molecule has 3 nitrogen and oxygen atoms in total. The summed E-state index contributed by atoms with van der Waals surface area (Å²) < 4.78 is 0.771. The van der Waals surface area contributed by atoms with Gasteiger partial charge in [0.2, 0.25) is 0 Å². The molecular weight excluding hydrogens is 328 g/mol. The van der Waals surface area contributed by atoms with Crippen molar-refractivity contribution in [3.05, 3.63) is 28.2 Å². The Bertz CT molecular complexity index is 508. The van der Waals surface area contributed by atoms with Gasteiger partial charge in [-0.2, -0.15) is 0 Å². The molecule has 1 aromatic rings. The predicted octanol–water partition coefficient (Wildman–Crippen LogP) is 4.37. The summed E-state index contributed by atoms with van der Waals surface area (Å²) in [5.41, 5.74) is 7.37. The number of benzene rings is 1. The van der Waals surface area contributed by atoms with Crippen LogP contribution >= 0.6 is 15.9 Å². The summed E-state index contributed by atoms with van der Waals surface area (Å²) in [5.74, 6) is 0.663. The third-order valence-corrected chi connectivity index (χ3v) is 5.08. The van der Waals surface area contributed by atoms with E-state index in [1.807, 2.05) is 0 Å². The highest BCUT2D eigenvalue weighted by molar-refractivity contribution is 9.10. The molecule has 0 radical (unpaired) electrons. The Morgan fingerprint density at radius 1 is 1.38 bits per heavy atom. The average molecular weight is 353 g/mol. The molecule has 0 aliphatic heterocycles. The number of nitrogens with one attached hydrogen (secondary N) is 1. The maximum Gasteiger partial charge on any atom is 0.251 e. The SMILES string of the molecule is CC(C)CC1(CNC(=O)c2ccc(N)c(Br)c2)CCCC1. The lowest BCUT2D eigenvalue weighted by Crippen LogP contribution is -2.36. The van der Waals surface area contributed by atoms with Crippen LogP contribution in [0.15, 0.2) is 22.7 Å². The van der Waals surface area contributed by atoms with E-state index in [1.54, 1.807) is 18.2 Å². The summed E-state index contributed by atoms with van der Waals surface area (Å²) in [5, 5.41) is 3.13. The van der Waals surface area contributed by atoms with E-state index in [-0.39, 0.29) is 5.91 Å². The summed E-state index contributed by atoms with van der Waals surface area (Å²) in [4.78, 5) is 12.3. The molecule has 0 aromatic heterocycles. The van der Waals surface area contributed by atoms with E-state index in [0.29, 0.717) is 22.6 Å². The van der Waals surface area contributed by atoms with Gasteiger partial charge >= 0.3 is 0 Å². The number of halogens is 1. The van der Waals surface area contributed by atoms with Crippen molar-refractivity contribution in [2.75, 3.05) is 12.3 Å². The lowest BCUT2D eigenvalue weighted by Gasteiger charge is -2.31. The van der Waals surface area contributed by atoms with Gasteiger partial charge in [0.1, 0.15) is 0 Å². The number of carbonyl (C=O) groups excluding carboxylic acids is 1. The van der Waals surface area contributed by atoms with Crippen molar-refractivity contribution in [2.45, 2.75) is 46.0 Å². The van der Waals surface area contributed by atoms with Crippen molar-refractivity contribution in [2.24, 2.45) is 11.3 Å². The van der Waals surface area contributed by atoms with Gasteiger partial charge in [-0.25, -0.2) is 0 Å². The predicted molar refractivity (Wildman–Crippen MR) is 91.2 cm³/mol. The number of hydrogen-bond acceptors (Lipinski definition) is 2. The Balaban J connectivity index is 2.00. The normalized spacial score (nSPS) is 17.1. The number of hydrogen-bond donors (Lipinski definition) is 2. The Morgan fingerprint density at radius 2 is 2.05 bits per heavy atom. The molecule has 0 saturated heterocycles. The van der Waals surface area contributed by atoms with Crippen molar-refractivity contribution in [3.63, 3.8) is 0 Å². The molecule has 3 N–H and O–H groups in total. The molecule has 1 aromatic carbocycles. The molecule has 0 spiro atoms. The van der Waals surface area contributed by atoms with Crippen LogP contribution < -0.4 is 11.1 Å². The maximum absolute atomic E-state index is 12.3. The van der Waals surface area contributed by atoms with Gasteiger partial charge in [0.15, 0.2) is 0 Å². The van der Waals surface area contributed by atoms with Crippen LogP contribution in [0.3, 0.4) is 0 Å². The lowest BCUT2D eigenvalue weighted by molar-refractivity contribution is 0.0922. The van der Waals surface area contributed by atoms with Crippen LogP contribution in [0.2, 0.25) is 0 Å². The number of amides is 1. The van der Waals surface area contributed by atoms with Gasteiger partial charge in [0.05, 0.1) is 0 Å². The number of anilines is 1. The van der Waals surface area contributed by atoms with Crippen LogP contribution in [0.1, 0.15) is 56.3 Å². The number of carbonyl (C=O) groups is 1. The van der Waals surface area contributed by atoms with Gasteiger partial charge in [0.25, 0.3) is 5.91 Å². The average Bonchev–Trinajstić information content (AvgIpc) is 2.87. The topological polar surface area (TPSA) is 55.1 Å². The summed E-state index contributed by atoms with van der Waals surface area (Å²) in [6, 6.07) is 5.33. The van der Waals surface area contributed by atoms with Crippen molar-refractivity contribution in [1.29, 1.82) is 0 Å². The first-order valence-corrected chi connectivity index (χ1v) is 8.54. The van der Waals surface area contributed by atoms with E-state index in [1.165, 1.54) is 32.1 Å². The second-order valence-electron chi connectivity index (χ2n) is 6.72. The van der Waals surface area contributed by atoms with Gasteiger partial charge in [-0.05, 0) is 64.7 Å². The standard InChI is InChI=1S/C17H25BrN2O/c1-12(2)10-17(7-3-4-8-17)11-20-16(21)13-5-6-15(19)14(18)9-13/h5-6,9,12H,3-4,7-8,10-11,19H2,1-2H3,(H,20,21). The highest BCUT2D eigenvalue weighted by Gasteiger charge is 2.34. The van der Waals surface area contributed by atoms with Crippen LogP contribution in [0, 0.1) is 11.3 Å². The second-order valence-corrected chi connectivity index (χ2v) is 7.58. The van der Waals surface area contributed by atoms with Crippen molar-refractivity contribution in [3.8, 4) is 0 Å². The molecule has 1 saturated carbocycles. The van der Waals surface area contributed by atoms with E-state index in [2.05, 4.69) is 35.1 Å². The fourth-order valence-electron chi connectivity index (χ4n) is 3.48. The molecule has 0 atom stereocenters. The van der Waals surface area contributed by atoms with Crippen molar-refractivity contribution < 1.29 is 4.79 Å². The maximum atomic E-state index is 12.3. The molecule has 0 bridgehead atoms. The smallest absolute Gasteiger partial charge is 0.251 e. The van der Waals surface area contributed by atoms with E-state index >= 15 is 0 Å². The zero-order valence-electron chi connectivity index (χ0n) is 12.9. The molecule has 1 aliphatic rings. The summed E-state index contributed by atoms with van der Waals surface area (Å²) in [6.07, 6.45) is 6.23. The van der Waals surface area contributed by atoms with E-state index in [9.17, 15) is 4.79 Å². The molecule has 4 heteroatoms. The lowest BCUT2D eigenvalue weighted by atomic mass is 9.78. The fourth-order valence-corrected chi connectivity index (χ4v) is 3.86. The molecule has 0 unspecified atom stereocenters. The highest BCUT2D eigenvalue weighted by Crippen LogP contribution is 2.42. The van der Waals surface area contributed by atoms with E-state index < -0.39 is 0 Å². The van der Waals surface area contributed by atoms with Crippen molar-refractivity contribution >= 4 is 27.5 Å². The third-order valence-electron chi connectivity index (χ3n) is 4.39. The van der Waals surface area contributed by atoms with Crippen LogP contribution in [-0.4, -0.2) is 12.5 Å². The molecule has 1 aliphatic carbocycles. The number of nitrogens with two attached hydrogens (primary N) is 1. The third kappa shape index (κ3) is 4.22. The van der Waals surface area contributed by atoms with Gasteiger partial charge < -0.3 is 11.1 Å². The van der Waals surface area contributed by atoms with Gasteiger partial charge in [-0.15, -0.1) is 0 Å². The van der Waals surface area contributed by atoms with E-state index in [0.717, 1.165) is 11.0 Å². The monoisotopic (exact) mass is 352 g/mol. The highest BCUT2D eigenvalue weighted by atomic mass is 79.9. The Kier molecular flexibility index (Phi) is 5.31. The number of nitrogen functional groups attached to an aromatic ring is 1. The quantitative estimate of drug-likeness (QED) is 0.773. The zero-order chi connectivity index (χ0) is 15.5. The van der Waals surface area contributed by atoms with Crippen LogP contribution in [0.25, 0.3) is 0 Å². The van der Waals surface area contributed by atoms with Crippen LogP contribution in [0.4, 0.5) is 5.69 Å². The van der Waals surface area contributed by atoms with Gasteiger partial charge in [0, 0.05) is 22.3 Å². The van der Waals surface area contributed by atoms with Crippen LogP contribution in [0.5, 0.6) is 0 Å². The first-order chi connectivity index (χ1) is 9.92. The molecular formula is C17H25BrN2O. The first-order valence-electron chi connectivity index (χ1n) is 7.75. The molecule has 2 rings (SSSR count). The molecule has 1 amide bonds. The molecule has 21 heavy (non-hydrogen) atoms. The Morgan fingerprint density at radius 3 is 2.62 bits per heavy atom. The molecule has 0 heterocycles. The Hall–Kier alpha value is -1.03. The van der Waals surface area contributed by atoms with Crippen molar-refractivity contribution in [1.82, 2.24) is 5.32 Å². The van der Waals surface area contributed by atoms with Gasteiger partial charge in [-0.1, -0.05) is 26.7 Å². The summed E-state index contributed by atoms with van der Waals surface area (Å²) in [6.45, 7) is 5.31. The Labute approximate surface area is 135 Å². The van der Waals surface area contributed by atoms with Crippen LogP contribution in [-0.2, 0) is 0 Å². The van der Waals surface area contributed by atoms with E-state index in [4.69, 9.17) is 5.73 Å². The minimum atomic E-state index is -0.00858. The minimum absolute atomic E-state index is 0.00858. The first kappa shape index (κ1) is 16.3. The minimum Gasteiger partial charge on any atom is -0.398 e. The zero-order valence-corrected chi connectivity index (χ0v) is 14.5. The molecule has 1 fully saturated rings. The summed E-state index contributed by atoms with van der Waals surface area (Å²) >= 11 is 3.37. The molecule has 116 valence electrons. The fraction of sp³-hybridized carbons (Fsp3) is 0.588.